The lowest BCUT2D eigenvalue weighted by Crippen LogP contribution is -2.14. The maximum Gasteiger partial charge on any atom is 0.290 e. The number of nitrogens with zero attached hydrogens (tertiary/aromatic N) is 1. The van der Waals surface area contributed by atoms with Gasteiger partial charge in [-0.1, -0.05) is 0 Å². The molecule has 0 amide bonds. The van der Waals surface area contributed by atoms with Crippen LogP contribution in [0.5, 0.6) is 0 Å². The third-order valence-electron chi connectivity index (χ3n) is 1.51. The molecule has 0 fully saturated rings. The molecule has 0 atom stereocenters. The third kappa shape index (κ3) is 2.74. The van der Waals surface area contributed by atoms with Crippen molar-refractivity contribution in [2.75, 3.05) is 0 Å². The molecule has 0 unspecified atom stereocenters. The van der Waals surface area contributed by atoms with Gasteiger partial charge in [0.05, 0.1) is 4.92 Å². The predicted molar refractivity (Wildman–Crippen MR) is 59.9 cm³/mol. The smallest absolute Gasteiger partial charge is 0.258 e. The molecule has 1 rings (SSSR count). The Kier molecular flexibility index (Phi) is 3.48. The maximum absolute atomic E-state index is 11.1. The number of hydrogen-bond acceptors (Lipinski definition) is 4. The highest BCUT2D eigenvalue weighted by Crippen LogP contribution is 2.32. The summed E-state index contributed by atoms with van der Waals surface area (Å²) in [6.45, 7) is 0. The van der Waals surface area contributed by atoms with Crippen molar-refractivity contribution >= 4 is 47.6 Å². The van der Waals surface area contributed by atoms with Crippen LogP contribution in [-0.4, -0.2) is 13.3 Å². The van der Waals surface area contributed by atoms with Crippen LogP contribution in [0.1, 0.15) is 0 Å². The summed E-state index contributed by atoms with van der Waals surface area (Å²) in [4.78, 5) is 9.25. The Balaban J connectivity index is 3.64. The van der Waals surface area contributed by atoms with Crippen LogP contribution in [0.3, 0.4) is 0 Å². The molecule has 0 bridgehead atoms. The number of nitro groups is 1. The first kappa shape index (κ1) is 12.6. The minimum atomic E-state index is -4.11. The third-order valence-corrected chi connectivity index (χ3v) is 4.29. The first-order valence-electron chi connectivity index (χ1n) is 3.39. The quantitative estimate of drug-likeness (QED) is 0.641. The second kappa shape index (κ2) is 4.16. The van der Waals surface area contributed by atoms with Gasteiger partial charge in [0.15, 0.2) is 4.90 Å². The van der Waals surface area contributed by atoms with E-state index in [1.54, 1.807) is 0 Å². The van der Waals surface area contributed by atoms with Gasteiger partial charge in [0, 0.05) is 15.0 Å². The summed E-state index contributed by atoms with van der Waals surface area (Å²) in [7, 11) is -4.11. The minimum absolute atomic E-state index is 0.372. The number of rotatable bonds is 2. The van der Waals surface area contributed by atoms with Gasteiger partial charge < -0.3 is 0 Å². The molecule has 6 nitrogen and oxygen atoms in total. The summed E-state index contributed by atoms with van der Waals surface area (Å²) >= 11 is 6.06. The molecular weight excluding hydrogens is 356 g/mol. The maximum atomic E-state index is 11.1. The number of hydrogen-bond donors (Lipinski definition) is 1. The molecule has 1 aromatic carbocycles. The number of benzene rings is 1. The van der Waals surface area contributed by atoms with Crippen molar-refractivity contribution < 1.29 is 13.3 Å². The van der Waals surface area contributed by atoms with Crippen molar-refractivity contribution in [3.8, 4) is 0 Å². The van der Waals surface area contributed by atoms with Crippen molar-refractivity contribution in [2.45, 2.75) is 4.90 Å². The summed E-state index contributed by atoms with van der Waals surface area (Å²) in [5, 5.41) is 15.4. The lowest BCUT2D eigenvalue weighted by molar-refractivity contribution is -0.387. The second-order valence-electron chi connectivity index (χ2n) is 2.54. The van der Waals surface area contributed by atoms with E-state index in [9.17, 15) is 18.5 Å². The van der Waals surface area contributed by atoms with E-state index in [1.165, 1.54) is 0 Å². The van der Waals surface area contributed by atoms with Crippen LogP contribution in [0.2, 0.25) is 0 Å². The van der Waals surface area contributed by atoms with Crippen molar-refractivity contribution in [3.05, 3.63) is 31.2 Å². The largest absolute Gasteiger partial charge is 0.290 e. The summed E-state index contributed by atoms with van der Waals surface area (Å²) in [5.74, 6) is 0. The van der Waals surface area contributed by atoms with Crippen LogP contribution in [0, 0.1) is 10.1 Å². The van der Waals surface area contributed by atoms with Gasteiger partial charge in [-0.3, -0.25) is 10.1 Å². The fourth-order valence-corrected chi connectivity index (χ4v) is 2.42. The van der Waals surface area contributed by atoms with Crippen LogP contribution in [-0.2, 0) is 10.0 Å². The highest BCUT2D eigenvalue weighted by atomic mass is 79.9. The Labute approximate surface area is 102 Å². The van der Waals surface area contributed by atoms with Crippen LogP contribution in [0.4, 0.5) is 5.69 Å². The molecule has 0 saturated heterocycles. The van der Waals surface area contributed by atoms with E-state index in [0.717, 1.165) is 12.1 Å². The first-order valence-corrected chi connectivity index (χ1v) is 6.53. The molecule has 2 N–H and O–H groups in total. The fraction of sp³-hybridized carbons (Fsp3) is 0. The van der Waals surface area contributed by atoms with Gasteiger partial charge in [0.1, 0.15) is 0 Å². The van der Waals surface area contributed by atoms with Crippen molar-refractivity contribution in [2.24, 2.45) is 5.14 Å². The molecule has 0 heterocycles. The van der Waals surface area contributed by atoms with E-state index in [2.05, 4.69) is 31.9 Å². The van der Waals surface area contributed by atoms with Crippen molar-refractivity contribution in [3.63, 3.8) is 0 Å². The van der Waals surface area contributed by atoms with Gasteiger partial charge >= 0.3 is 0 Å². The molecule has 0 aliphatic rings. The number of sulfonamides is 1. The summed E-state index contributed by atoms with van der Waals surface area (Å²) in [5.41, 5.74) is -0.562. The van der Waals surface area contributed by atoms with E-state index >= 15 is 0 Å². The Hall–Kier alpha value is -0.510. The van der Waals surface area contributed by atoms with Gasteiger partial charge in [0.2, 0.25) is 10.0 Å². The molecule has 15 heavy (non-hydrogen) atoms. The van der Waals surface area contributed by atoms with Crippen molar-refractivity contribution in [1.82, 2.24) is 0 Å². The number of primary sulfonamides is 1. The number of nitrogens with two attached hydrogens (primary N) is 1. The Morgan fingerprint density at radius 1 is 1.27 bits per heavy atom. The van der Waals surface area contributed by atoms with Gasteiger partial charge in [-0.2, -0.15) is 0 Å². The zero-order valence-electron chi connectivity index (χ0n) is 6.98. The molecule has 0 aliphatic carbocycles. The van der Waals surface area contributed by atoms with Crippen LogP contribution < -0.4 is 5.14 Å². The second-order valence-corrected chi connectivity index (χ2v) is 5.77. The molecule has 0 spiro atoms. The summed E-state index contributed by atoms with van der Waals surface area (Å²) < 4.78 is 22.9. The van der Waals surface area contributed by atoms with E-state index in [-0.39, 0.29) is 0 Å². The van der Waals surface area contributed by atoms with Crippen LogP contribution in [0.15, 0.2) is 26.0 Å². The molecular formula is C6H4Br2N2O4S. The minimum Gasteiger partial charge on any atom is -0.258 e. The normalized spacial score (nSPS) is 11.4. The Morgan fingerprint density at radius 2 is 1.73 bits per heavy atom. The molecule has 0 aromatic heterocycles. The molecule has 0 aliphatic heterocycles. The topological polar surface area (TPSA) is 103 Å². The van der Waals surface area contributed by atoms with E-state index < -0.39 is 25.5 Å². The van der Waals surface area contributed by atoms with Gasteiger partial charge in [-0.15, -0.1) is 0 Å². The Morgan fingerprint density at radius 3 is 2.13 bits per heavy atom. The lowest BCUT2D eigenvalue weighted by atomic mass is 10.3. The number of nitro benzene ring substituents is 1. The highest BCUT2D eigenvalue weighted by molar-refractivity contribution is 9.13. The van der Waals surface area contributed by atoms with Gasteiger partial charge in [0.25, 0.3) is 5.69 Å². The number of halogens is 2. The summed E-state index contributed by atoms with van der Waals surface area (Å²) in [6, 6.07) is 2.15. The average molecular weight is 360 g/mol. The average Bonchev–Trinajstić information content (AvgIpc) is 2.06. The highest BCUT2D eigenvalue weighted by Gasteiger charge is 2.24. The predicted octanol–water partition coefficient (Wildman–Crippen LogP) is 1.77. The zero-order valence-corrected chi connectivity index (χ0v) is 11.0. The molecule has 0 radical (unpaired) electrons. The Bertz CT molecular complexity index is 528. The van der Waals surface area contributed by atoms with E-state index in [1.807, 2.05) is 0 Å². The monoisotopic (exact) mass is 358 g/mol. The summed E-state index contributed by atoms with van der Waals surface area (Å²) in [6.07, 6.45) is 0. The molecule has 82 valence electrons. The van der Waals surface area contributed by atoms with Gasteiger partial charge in [-0.05, 0) is 37.9 Å². The zero-order chi connectivity index (χ0) is 11.8. The van der Waals surface area contributed by atoms with Crippen LogP contribution in [0.25, 0.3) is 0 Å². The fourth-order valence-electron chi connectivity index (χ4n) is 0.889. The van der Waals surface area contributed by atoms with E-state index in [4.69, 9.17) is 5.14 Å². The SMILES string of the molecule is NS(=O)(=O)c1cc(Br)c(Br)cc1[N+](=O)[O-]. The standard InChI is InChI=1S/C6H4Br2N2O4S/c7-3-1-5(10(11)12)6(2-4(3)8)15(9,13)14/h1-2H,(H2,9,13,14). The van der Waals surface area contributed by atoms with Gasteiger partial charge in [-0.25, -0.2) is 13.6 Å². The first-order chi connectivity index (χ1) is 6.73. The molecule has 9 heteroatoms. The van der Waals surface area contributed by atoms with Crippen LogP contribution >= 0.6 is 31.9 Å². The molecule has 0 saturated carbocycles. The lowest BCUT2D eigenvalue weighted by Gasteiger charge is -2.02. The van der Waals surface area contributed by atoms with E-state index in [0.29, 0.717) is 8.95 Å². The molecule has 1 aromatic rings. The van der Waals surface area contributed by atoms with Crippen molar-refractivity contribution in [1.29, 1.82) is 0 Å².